The van der Waals surface area contributed by atoms with Crippen LogP contribution in [0, 0.1) is 13.8 Å². The van der Waals surface area contributed by atoms with Crippen molar-refractivity contribution in [2.75, 3.05) is 6.26 Å². The molecule has 0 N–H and O–H groups in total. The largest absolute Gasteiger partial charge is 0.270 e. The summed E-state index contributed by atoms with van der Waals surface area (Å²) >= 11 is 1.59. The summed E-state index contributed by atoms with van der Waals surface area (Å²) in [6.07, 6.45) is 5.55. The van der Waals surface area contributed by atoms with Crippen LogP contribution in [-0.4, -0.2) is 26.0 Å². The Kier molecular flexibility index (Phi) is 3.75. The van der Waals surface area contributed by atoms with E-state index < -0.39 is 0 Å². The molecule has 2 aromatic heterocycles. The number of thioether (sulfide) groups is 1. The molecule has 0 saturated heterocycles. The molecule has 0 saturated carbocycles. The summed E-state index contributed by atoms with van der Waals surface area (Å²) < 4.78 is 2.09. The average Bonchev–Trinajstić information content (AvgIpc) is 2.95. The number of hydrogen-bond donors (Lipinski definition) is 0. The van der Waals surface area contributed by atoms with Crippen LogP contribution in [0.2, 0.25) is 0 Å². The average molecular weight is 296 g/mol. The topological polar surface area (TPSA) is 43.6 Å². The lowest BCUT2D eigenvalue weighted by atomic mass is 10.1. The highest BCUT2D eigenvalue weighted by atomic mass is 32.2. The van der Waals surface area contributed by atoms with Gasteiger partial charge in [0.15, 0.2) is 11.0 Å². The molecule has 0 unspecified atom stereocenters. The SMILES string of the molecule is CSc1nnc(-c2ccncc2)n1-c1ccc(C)c(C)c1. The van der Waals surface area contributed by atoms with Gasteiger partial charge < -0.3 is 0 Å². The Morgan fingerprint density at radius 3 is 2.38 bits per heavy atom. The second-order valence-electron chi connectivity index (χ2n) is 4.85. The highest BCUT2D eigenvalue weighted by Gasteiger charge is 2.15. The first-order chi connectivity index (χ1) is 10.2. The molecule has 0 aliphatic carbocycles. The van der Waals surface area contributed by atoms with E-state index in [4.69, 9.17) is 0 Å². The van der Waals surface area contributed by atoms with Crippen LogP contribution in [0.5, 0.6) is 0 Å². The van der Waals surface area contributed by atoms with Crippen LogP contribution in [0.15, 0.2) is 47.9 Å². The minimum atomic E-state index is 0.838. The number of aromatic nitrogens is 4. The lowest BCUT2D eigenvalue weighted by molar-refractivity contribution is 0.887. The molecule has 5 heteroatoms. The first-order valence-corrected chi connectivity index (χ1v) is 7.90. The van der Waals surface area contributed by atoms with Gasteiger partial charge in [-0.1, -0.05) is 17.8 Å². The van der Waals surface area contributed by atoms with E-state index in [0.717, 1.165) is 22.2 Å². The van der Waals surface area contributed by atoms with Gasteiger partial charge in [0.05, 0.1) is 5.69 Å². The second kappa shape index (κ2) is 5.69. The van der Waals surface area contributed by atoms with Gasteiger partial charge >= 0.3 is 0 Å². The van der Waals surface area contributed by atoms with Crippen molar-refractivity contribution in [3.63, 3.8) is 0 Å². The first-order valence-electron chi connectivity index (χ1n) is 6.68. The molecule has 4 nitrogen and oxygen atoms in total. The standard InChI is InChI=1S/C16H16N4S/c1-11-4-5-14(10-12(11)2)20-15(18-19-16(20)21-3)13-6-8-17-9-7-13/h4-10H,1-3H3. The van der Waals surface area contributed by atoms with Crippen LogP contribution in [0.1, 0.15) is 11.1 Å². The van der Waals surface area contributed by atoms with Gasteiger partial charge in [-0.25, -0.2) is 0 Å². The Morgan fingerprint density at radius 2 is 1.71 bits per heavy atom. The Labute approximate surface area is 128 Å². The zero-order valence-corrected chi connectivity index (χ0v) is 13.1. The maximum Gasteiger partial charge on any atom is 0.195 e. The van der Waals surface area contributed by atoms with Gasteiger partial charge in [-0.05, 0) is 55.5 Å². The number of aryl methyl sites for hydroxylation is 2. The fourth-order valence-electron chi connectivity index (χ4n) is 2.19. The monoisotopic (exact) mass is 296 g/mol. The predicted octanol–water partition coefficient (Wildman–Crippen LogP) is 3.67. The van der Waals surface area contributed by atoms with Crippen LogP contribution < -0.4 is 0 Å². The maximum atomic E-state index is 4.35. The van der Waals surface area contributed by atoms with Crippen LogP contribution >= 0.6 is 11.8 Å². The van der Waals surface area contributed by atoms with E-state index in [0.29, 0.717) is 0 Å². The molecule has 0 atom stereocenters. The quantitative estimate of drug-likeness (QED) is 0.692. The van der Waals surface area contributed by atoms with E-state index in [1.807, 2.05) is 18.4 Å². The molecule has 106 valence electrons. The first kappa shape index (κ1) is 13.8. The van der Waals surface area contributed by atoms with Crippen molar-refractivity contribution in [3.05, 3.63) is 53.9 Å². The van der Waals surface area contributed by atoms with Crippen molar-refractivity contribution >= 4 is 11.8 Å². The molecule has 2 heterocycles. The van der Waals surface area contributed by atoms with Crippen molar-refractivity contribution in [1.29, 1.82) is 0 Å². The summed E-state index contributed by atoms with van der Waals surface area (Å²) in [5, 5.41) is 9.52. The van der Waals surface area contributed by atoms with Gasteiger partial charge in [-0.3, -0.25) is 9.55 Å². The molecule has 0 bridgehead atoms. The Hall–Kier alpha value is -2.14. The second-order valence-corrected chi connectivity index (χ2v) is 5.62. The lowest BCUT2D eigenvalue weighted by Crippen LogP contribution is -2.00. The summed E-state index contributed by atoms with van der Waals surface area (Å²) in [6, 6.07) is 10.3. The van der Waals surface area contributed by atoms with Crippen LogP contribution in [0.3, 0.4) is 0 Å². The highest BCUT2D eigenvalue weighted by Crippen LogP contribution is 2.27. The molecule has 0 fully saturated rings. The molecule has 3 aromatic rings. The van der Waals surface area contributed by atoms with Gasteiger partial charge in [0.1, 0.15) is 0 Å². The number of nitrogens with zero attached hydrogens (tertiary/aromatic N) is 4. The van der Waals surface area contributed by atoms with E-state index in [-0.39, 0.29) is 0 Å². The number of hydrogen-bond acceptors (Lipinski definition) is 4. The summed E-state index contributed by atoms with van der Waals surface area (Å²) in [4.78, 5) is 4.06. The predicted molar refractivity (Wildman–Crippen MR) is 85.8 cm³/mol. The summed E-state index contributed by atoms with van der Waals surface area (Å²) in [7, 11) is 0. The molecule has 0 amide bonds. The molecule has 1 aromatic carbocycles. The minimum Gasteiger partial charge on any atom is -0.270 e. The van der Waals surface area contributed by atoms with Crippen molar-refractivity contribution in [2.45, 2.75) is 19.0 Å². The summed E-state index contributed by atoms with van der Waals surface area (Å²) in [5.41, 5.74) is 4.63. The number of rotatable bonds is 3. The highest BCUT2D eigenvalue weighted by molar-refractivity contribution is 7.98. The third-order valence-corrected chi connectivity index (χ3v) is 4.13. The Balaban J connectivity index is 2.21. The van der Waals surface area contributed by atoms with Gasteiger partial charge in [-0.2, -0.15) is 0 Å². The molecule has 0 aliphatic heterocycles. The zero-order chi connectivity index (χ0) is 14.8. The van der Waals surface area contributed by atoms with E-state index in [1.54, 1.807) is 24.2 Å². The van der Waals surface area contributed by atoms with Gasteiger partial charge in [0.2, 0.25) is 0 Å². The van der Waals surface area contributed by atoms with Crippen molar-refractivity contribution < 1.29 is 0 Å². The summed E-state index contributed by atoms with van der Waals surface area (Å²) in [5.74, 6) is 0.838. The van der Waals surface area contributed by atoms with E-state index in [2.05, 4.69) is 51.8 Å². The van der Waals surface area contributed by atoms with E-state index in [9.17, 15) is 0 Å². The summed E-state index contributed by atoms with van der Waals surface area (Å²) in [6.45, 7) is 4.23. The normalized spacial score (nSPS) is 10.8. The molecular weight excluding hydrogens is 280 g/mol. The van der Waals surface area contributed by atoms with E-state index >= 15 is 0 Å². The third-order valence-electron chi connectivity index (χ3n) is 3.50. The number of benzene rings is 1. The lowest BCUT2D eigenvalue weighted by Gasteiger charge is -2.11. The number of pyridine rings is 1. The Morgan fingerprint density at radius 1 is 0.952 bits per heavy atom. The molecule has 3 rings (SSSR count). The van der Waals surface area contributed by atoms with Gasteiger partial charge in [0, 0.05) is 18.0 Å². The van der Waals surface area contributed by atoms with Crippen LogP contribution in [0.25, 0.3) is 17.1 Å². The van der Waals surface area contributed by atoms with Crippen molar-refractivity contribution in [1.82, 2.24) is 19.7 Å². The molecular formula is C16H16N4S. The molecule has 0 radical (unpaired) electrons. The molecule has 21 heavy (non-hydrogen) atoms. The third kappa shape index (κ3) is 2.56. The fraction of sp³-hybridized carbons (Fsp3) is 0.188. The van der Waals surface area contributed by atoms with Gasteiger partial charge in [0.25, 0.3) is 0 Å². The van der Waals surface area contributed by atoms with Crippen LogP contribution in [0.4, 0.5) is 0 Å². The minimum absolute atomic E-state index is 0.838. The molecule has 0 spiro atoms. The van der Waals surface area contributed by atoms with Gasteiger partial charge in [-0.15, -0.1) is 10.2 Å². The Bertz CT molecular complexity index is 765. The fourth-order valence-corrected chi connectivity index (χ4v) is 2.68. The van der Waals surface area contributed by atoms with Crippen LogP contribution in [-0.2, 0) is 0 Å². The smallest absolute Gasteiger partial charge is 0.195 e. The van der Waals surface area contributed by atoms with Crippen molar-refractivity contribution in [2.24, 2.45) is 0 Å². The molecule has 0 aliphatic rings. The van der Waals surface area contributed by atoms with Crippen molar-refractivity contribution in [3.8, 4) is 17.1 Å². The van der Waals surface area contributed by atoms with E-state index in [1.165, 1.54) is 11.1 Å². The maximum absolute atomic E-state index is 4.35. The zero-order valence-electron chi connectivity index (χ0n) is 12.2.